The lowest BCUT2D eigenvalue weighted by Crippen LogP contribution is -2.32. The lowest BCUT2D eigenvalue weighted by atomic mass is 10.1. The molecule has 0 heterocycles. The zero-order valence-corrected chi connectivity index (χ0v) is 12.4. The summed E-state index contributed by atoms with van der Waals surface area (Å²) in [6.07, 6.45) is 1.26. The summed E-state index contributed by atoms with van der Waals surface area (Å²) in [4.78, 5) is 10.4. The second-order valence-electron chi connectivity index (χ2n) is 4.84. The molecule has 2 aromatic carbocycles. The number of aromatic hydroxyl groups is 1. The highest BCUT2D eigenvalue weighted by atomic mass is 16.4. The van der Waals surface area contributed by atoms with E-state index in [1.54, 1.807) is 12.1 Å². The molecular weight excluding hydrogens is 280 g/mol. The van der Waals surface area contributed by atoms with Crippen LogP contribution in [0.5, 0.6) is 5.75 Å². The van der Waals surface area contributed by atoms with Gasteiger partial charge in [-0.2, -0.15) is 0 Å². The third kappa shape index (κ3) is 6.88. The summed E-state index contributed by atoms with van der Waals surface area (Å²) in [6.45, 7) is 0.658. The van der Waals surface area contributed by atoms with E-state index >= 15 is 0 Å². The molecule has 0 spiro atoms. The van der Waals surface area contributed by atoms with Crippen LogP contribution in [0.1, 0.15) is 11.1 Å². The molecule has 0 amide bonds. The minimum absolute atomic E-state index is 0.306. The van der Waals surface area contributed by atoms with Crippen molar-refractivity contribution < 1.29 is 15.0 Å². The average Bonchev–Trinajstić information content (AvgIpc) is 2.51. The summed E-state index contributed by atoms with van der Waals surface area (Å²) >= 11 is 0. The molecule has 0 aliphatic heterocycles. The van der Waals surface area contributed by atoms with E-state index in [1.165, 1.54) is 5.56 Å². The molecule has 0 saturated heterocycles. The first-order chi connectivity index (χ1) is 10.5. The normalized spacial score (nSPS) is 11.2. The Kier molecular flexibility index (Phi) is 7.67. The number of aliphatic carboxylic acids is 1. The van der Waals surface area contributed by atoms with Gasteiger partial charge in [0.05, 0.1) is 0 Å². The first kappa shape index (κ1) is 17.7. The zero-order chi connectivity index (χ0) is 16.4. The molecule has 118 valence electrons. The highest BCUT2D eigenvalue weighted by Gasteiger charge is 2.10. The van der Waals surface area contributed by atoms with Crippen molar-refractivity contribution in [2.75, 3.05) is 6.54 Å². The molecule has 0 aliphatic carbocycles. The molecule has 5 heteroatoms. The van der Waals surface area contributed by atoms with Gasteiger partial charge in [0.2, 0.25) is 0 Å². The van der Waals surface area contributed by atoms with Gasteiger partial charge < -0.3 is 21.7 Å². The number of phenolic OH excluding ortho intramolecular Hbond substituents is 1. The van der Waals surface area contributed by atoms with Gasteiger partial charge in [0.25, 0.3) is 0 Å². The van der Waals surface area contributed by atoms with Crippen molar-refractivity contribution in [2.45, 2.75) is 18.9 Å². The number of phenols is 1. The molecule has 0 aliphatic rings. The van der Waals surface area contributed by atoms with E-state index in [-0.39, 0.29) is 0 Å². The monoisotopic (exact) mass is 302 g/mol. The molecule has 0 aromatic heterocycles. The Balaban J connectivity index is 0.000000224. The van der Waals surface area contributed by atoms with E-state index < -0.39 is 12.0 Å². The van der Waals surface area contributed by atoms with E-state index in [9.17, 15) is 4.79 Å². The Morgan fingerprint density at radius 1 is 1.00 bits per heavy atom. The zero-order valence-electron chi connectivity index (χ0n) is 12.4. The Morgan fingerprint density at radius 2 is 1.59 bits per heavy atom. The van der Waals surface area contributed by atoms with Gasteiger partial charge in [-0.05, 0) is 42.6 Å². The van der Waals surface area contributed by atoms with Gasteiger partial charge in [-0.25, -0.2) is 0 Å². The number of carboxylic acid groups (broad SMARTS) is 1. The van der Waals surface area contributed by atoms with Crippen molar-refractivity contribution >= 4 is 5.97 Å². The fraction of sp³-hybridized carbons (Fsp3) is 0.235. The van der Waals surface area contributed by atoms with Gasteiger partial charge in [0.15, 0.2) is 0 Å². The van der Waals surface area contributed by atoms with Crippen LogP contribution < -0.4 is 11.5 Å². The third-order valence-electron chi connectivity index (χ3n) is 2.98. The number of carbonyl (C=O) groups is 1. The van der Waals surface area contributed by atoms with Gasteiger partial charge in [-0.3, -0.25) is 4.79 Å². The molecule has 2 aromatic rings. The second kappa shape index (κ2) is 9.55. The third-order valence-corrected chi connectivity index (χ3v) is 2.98. The van der Waals surface area contributed by atoms with Gasteiger partial charge in [0, 0.05) is 0 Å². The first-order valence-electron chi connectivity index (χ1n) is 7.03. The fourth-order valence-electron chi connectivity index (χ4n) is 1.78. The van der Waals surface area contributed by atoms with Crippen LogP contribution in [0.4, 0.5) is 0 Å². The number of carboxylic acids is 1. The SMILES string of the molecule is NC(Cc1ccccc1)C(=O)O.NCCc1ccc(O)cc1. The summed E-state index contributed by atoms with van der Waals surface area (Å²) in [7, 11) is 0. The van der Waals surface area contributed by atoms with Crippen molar-refractivity contribution in [3.8, 4) is 5.75 Å². The molecular formula is C17H22N2O3. The van der Waals surface area contributed by atoms with Crippen LogP contribution >= 0.6 is 0 Å². The van der Waals surface area contributed by atoms with Gasteiger partial charge in [0.1, 0.15) is 11.8 Å². The van der Waals surface area contributed by atoms with Crippen molar-refractivity contribution in [3.05, 3.63) is 65.7 Å². The maximum Gasteiger partial charge on any atom is 0.320 e. The van der Waals surface area contributed by atoms with E-state index in [4.69, 9.17) is 21.7 Å². The Hall–Kier alpha value is -2.37. The highest BCUT2D eigenvalue weighted by Crippen LogP contribution is 2.09. The van der Waals surface area contributed by atoms with E-state index in [0.717, 1.165) is 12.0 Å². The number of hydrogen-bond donors (Lipinski definition) is 4. The maximum atomic E-state index is 10.4. The quantitative estimate of drug-likeness (QED) is 0.669. The predicted molar refractivity (Wildman–Crippen MR) is 86.6 cm³/mol. The summed E-state index contributed by atoms with van der Waals surface area (Å²) in [6, 6.07) is 15.6. The van der Waals surface area contributed by atoms with E-state index in [0.29, 0.717) is 18.7 Å². The molecule has 6 N–H and O–H groups in total. The lowest BCUT2D eigenvalue weighted by Gasteiger charge is -2.04. The molecule has 0 fully saturated rings. The van der Waals surface area contributed by atoms with Crippen LogP contribution in [-0.4, -0.2) is 28.8 Å². The first-order valence-corrected chi connectivity index (χ1v) is 7.03. The highest BCUT2D eigenvalue weighted by molar-refractivity contribution is 5.73. The Morgan fingerprint density at radius 3 is 2.09 bits per heavy atom. The topological polar surface area (TPSA) is 110 Å². The summed E-state index contributed by atoms with van der Waals surface area (Å²) in [5.41, 5.74) is 12.8. The molecule has 0 bridgehead atoms. The lowest BCUT2D eigenvalue weighted by molar-refractivity contribution is -0.138. The van der Waals surface area contributed by atoms with Gasteiger partial charge >= 0.3 is 5.97 Å². The van der Waals surface area contributed by atoms with Gasteiger partial charge in [-0.1, -0.05) is 42.5 Å². The molecule has 0 saturated carbocycles. The molecule has 2 rings (SSSR count). The molecule has 1 atom stereocenters. The Bertz CT molecular complexity index is 556. The number of benzene rings is 2. The largest absolute Gasteiger partial charge is 0.508 e. The second-order valence-corrected chi connectivity index (χ2v) is 4.84. The van der Waals surface area contributed by atoms with Crippen LogP contribution in [0.2, 0.25) is 0 Å². The number of nitrogens with two attached hydrogens (primary N) is 2. The number of rotatable bonds is 5. The molecule has 5 nitrogen and oxygen atoms in total. The average molecular weight is 302 g/mol. The van der Waals surface area contributed by atoms with Gasteiger partial charge in [-0.15, -0.1) is 0 Å². The molecule has 1 unspecified atom stereocenters. The minimum Gasteiger partial charge on any atom is -0.508 e. The van der Waals surface area contributed by atoms with Crippen molar-refractivity contribution in [1.29, 1.82) is 0 Å². The summed E-state index contributed by atoms with van der Waals surface area (Å²) in [5.74, 6) is -0.653. The van der Waals surface area contributed by atoms with Crippen LogP contribution in [0.25, 0.3) is 0 Å². The fourth-order valence-corrected chi connectivity index (χ4v) is 1.78. The van der Waals surface area contributed by atoms with Crippen molar-refractivity contribution in [2.24, 2.45) is 11.5 Å². The van der Waals surface area contributed by atoms with Crippen LogP contribution in [0.15, 0.2) is 54.6 Å². The van der Waals surface area contributed by atoms with E-state index in [1.807, 2.05) is 42.5 Å². The van der Waals surface area contributed by atoms with Crippen LogP contribution in [-0.2, 0) is 17.6 Å². The minimum atomic E-state index is -0.959. The van der Waals surface area contributed by atoms with Crippen molar-refractivity contribution in [1.82, 2.24) is 0 Å². The summed E-state index contributed by atoms with van der Waals surface area (Å²) < 4.78 is 0. The van der Waals surface area contributed by atoms with Crippen LogP contribution in [0.3, 0.4) is 0 Å². The number of hydrogen-bond acceptors (Lipinski definition) is 4. The molecule has 0 radical (unpaired) electrons. The Labute approximate surface area is 130 Å². The predicted octanol–water partition coefficient (Wildman–Crippen LogP) is 1.53. The van der Waals surface area contributed by atoms with E-state index in [2.05, 4.69) is 0 Å². The van der Waals surface area contributed by atoms with Crippen LogP contribution in [0, 0.1) is 0 Å². The molecule has 22 heavy (non-hydrogen) atoms. The maximum absolute atomic E-state index is 10.4. The smallest absolute Gasteiger partial charge is 0.320 e. The van der Waals surface area contributed by atoms with Crippen molar-refractivity contribution in [3.63, 3.8) is 0 Å². The summed E-state index contributed by atoms with van der Waals surface area (Å²) in [5, 5.41) is 17.4. The standard InChI is InChI=1S/C9H11NO2.C8H11NO/c10-8(9(11)12)6-7-4-2-1-3-5-7;9-6-5-7-1-3-8(10)4-2-7/h1-5,8H,6,10H2,(H,11,12);1-4,10H,5-6,9H2.